The number of nitrogens with two attached hydrogens (primary N) is 1. The number of carbonyl (C=O) groups excluding carboxylic acids is 2. The van der Waals surface area contributed by atoms with Crippen LogP contribution in [0.25, 0.3) is 0 Å². The number of hydrogen-bond donors (Lipinski definition) is 3. The number of nitrogens with zero attached hydrogens (tertiary/aromatic N) is 2. The number of halogens is 2. The van der Waals surface area contributed by atoms with Crippen LogP contribution in [0.15, 0.2) is 42.6 Å². The third kappa shape index (κ3) is 3.98. The summed E-state index contributed by atoms with van der Waals surface area (Å²) in [5.41, 5.74) is 5.69. The average Bonchev–Trinajstić information content (AvgIpc) is 2.98. The number of primary amides is 1. The Bertz CT molecular complexity index is 975. The van der Waals surface area contributed by atoms with Gasteiger partial charge in [0.2, 0.25) is 5.95 Å². The second-order valence-electron chi connectivity index (χ2n) is 5.01. The minimum Gasteiger partial charge on any atom is -0.364 e. The molecule has 1 aromatic carbocycles. The molecule has 4 N–H and O–H groups in total. The number of aromatic nitrogens is 2. The third-order valence-corrected chi connectivity index (χ3v) is 4.06. The molecule has 26 heavy (non-hydrogen) atoms. The first-order valence-electron chi connectivity index (χ1n) is 7.18. The van der Waals surface area contributed by atoms with Gasteiger partial charge in [0.05, 0.1) is 0 Å². The molecule has 0 fully saturated rings. The second kappa shape index (κ2) is 7.23. The molecule has 2 heterocycles. The van der Waals surface area contributed by atoms with Gasteiger partial charge >= 0.3 is 0 Å². The number of pyridine rings is 1. The molecular weight excluding hydrogens is 364 g/mol. The first-order chi connectivity index (χ1) is 12.4. The van der Waals surface area contributed by atoms with E-state index in [0.717, 1.165) is 29.5 Å². The molecule has 0 saturated heterocycles. The highest BCUT2D eigenvalue weighted by molar-refractivity contribution is 7.20. The van der Waals surface area contributed by atoms with Gasteiger partial charge in [-0.25, -0.2) is 14.4 Å². The molecule has 3 rings (SSSR count). The lowest BCUT2D eigenvalue weighted by Crippen LogP contribution is -2.17. The molecule has 10 heteroatoms. The van der Waals surface area contributed by atoms with Crippen LogP contribution in [-0.2, 0) is 0 Å². The van der Waals surface area contributed by atoms with Gasteiger partial charge < -0.3 is 16.4 Å². The van der Waals surface area contributed by atoms with Crippen molar-refractivity contribution in [3.63, 3.8) is 0 Å². The number of hydrogen-bond acceptors (Lipinski definition) is 6. The fourth-order valence-corrected chi connectivity index (χ4v) is 2.89. The van der Waals surface area contributed by atoms with E-state index in [0.29, 0.717) is 5.69 Å². The van der Waals surface area contributed by atoms with Crippen LogP contribution in [0, 0.1) is 11.8 Å². The Morgan fingerprint density at radius 2 is 1.85 bits per heavy atom. The summed E-state index contributed by atoms with van der Waals surface area (Å²) >= 11 is 0.943. The zero-order valence-electron chi connectivity index (χ0n) is 13.0. The van der Waals surface area contributed by atoms with Crippen molar-refractivity contribution in [3.8, 4) is 0 Å². The predicted octanol–water partition coefficient (Wildman–Crippen LogP) is 2.91. The molecule has 132 valence electrons. The van der Waals surface area contributed by atoms with Crippen molar-refractivity contribution < 1.29 is 18.4 Å². The minimum absolute atomic E-state index is 0.115. The number of carbonyl (C=O) groups is 2. The molecule has 0 aliphatic carbocycles. The highest BCUT2D eigenvalue weighted by atomic mass is 32.1. The Kier molecular flexibility index (Phi) is 4.85. The van der Waals surface area contributed by atoms with Gasteiger partial charge in [0.25, 0.3) is 11.8 Å². The van der Waals surface area contributed by atoms with Gasteiger partial charge in [-0.1, -0.05) is 11.3 Å². The lowest BCUT2D eigenvalue weighted by molar-refractivity contribution is 0.0997. The van der Waals surface area contributed by atoms with Gasteiger partial charge in [-0.15, -0.1) is 0 Å². The topological polar surface area (TPSA) is 110 Å². The fourth-order valence-electron chi connectivity index (χ4n) is 2.01. The number of amides is 2. The van der Waals surface area contributed by atoms with E-state index in [2.05, 4.69) is 20.6 Å². The predicted molar refractivity (Wildman–Crippen MR) is 92.5 cm³/mol. The molecule has 2 aromatic heterocycles. The number of anilines is 3. The van der Waals surface area contributed by atoms with Crippen LogP contribution in [0.1, 0.15) is 20.8 Å². The Morgan fingerprint density at radius 1 is 1.12 bits per heavy atom. The van der Waals surface area contributed by atoms with E-state index in [1.165, 1.54) is 24.4 Å². The molecule has 0 aliphatic heterocycles. The van der Waals surface area contributed by atoms with E-state index >= 15 is 0 Å². The lowest BCUT2D eigenvalue weighted by atomic mass is 10.2. The summed E-state index contributed by atoms with van der Waals surface area (Å²) in [6.07, 6.45) is 1.26. The van der Waals surface area contributed by atoms with Gasteiger partial charge in [0, 0.05) is 23.5 Å². The van der Waals surface area contributed by atoms with Crippen molar-refractivity contribution >= 4 is 39.0 Å². The molecule has 0 bridgehead atoms. The Balaban J connectivity index is 1.84. The molecule has 3 aromatic rings. The zero-order chi connectivity index (χ0) is 18.7. The maximum absolute atomic E-state index is 13.1. The van der Waals surface area contributed by atoms with E-state index in [1.54, 1.807) is 0 Å². The second-order valence-corrected chi connectivity index (χ2v) is 6.01. The zero-order valence-corrected chi connectivity index (χ0v) is 13.8. The molecule has 7 nitrogen and oxygen atoms in total. The fraction of sp³-hybridized carbons (Fsp3) is 0. The highest BCUT2D eigenvalue weighted by Gasteiger charge is 2.19. The molecule has 0 saturated carbocycles. The van der Waals surface area contributed by atoms with Crippen molar-refractivity contribution in [3.05, 3.63) is 65.6 Å². The maximum atomic E-state index is 13.1. The summed E-state index contributed by atoms with van der Waals surface area (Å²) in [6.45, 7) is 0. The summed E-state index contributed by atoms with van der Waals surface area (Å²) in [5, 5.41) is 5.65. The van der Waals surface area contributed by atoms with Crippen molar-refractivity contribution in [2.24, 2.45) is 5.73 Å². The lowest BCUT2D eigenvalue weighted by Gasteiger charge is -2.03. The standard InChI is InChI=1S/C16H11F2N5O2S/c17-9-3-1-8(2-4-9)14(25)23-15-12(13(19)24)22-16(26-15)21-10-5-6-20-11(18)7-10/h1-7H,(H2,19,24)(H,23,25)(H,20,21,22). The number of benzene rings is 1. The quantitative estimate of drug-likeness (QED) is 0.594. The minimum atomic E-state index is -0.843. The monoisotopic (exact) mass is 375 g/mol. The van der Waals surface area contributed by atoms with Crippen LogP contribution in [-0.4, -0.2) is 21.8 Å². The van der Waals surface area contributed by atoms with Crippen LogP contribution in [0.4, 0.5) is 24.6 Å². The highest BCUT2D eigenvalue weighted by Crippen LogP contribution is 2.31. The molecule has 0 radical (unpaired) electrons. The Labute approximate surface area is 149 Å². The van der Waals surface area contributed by atoms with E-state index in [9.17, 15) is 18.4 Å². The Morgan fingerprint density at radius 3 is 2.50 bits per heavy atom. The maximum Gasteiger partial charge on any atom is 0.270 e. The summed E-state index contributed by atoms with van der Waals surface area (Å²) in [5.74, 6) is -2.57. The van der Waals surface area contributed by atoms with Gasteiger partial charge in [-0.05, 0) is 30.3 Å². The van der Waals surface area contributed by atoms with Gasteiger partial charge in [0.15, 0.2) is 10.8 Å². The first-order valence-corrected chi connectivity index (χ1v) is 8.00. The average molecular weight is 375 g/mol. The van der Waals surface area contributed by atoms with Crippen LogP contribution < -0.4 is 16.4 Å². The summed E-state index contributed by atoms with van der Waals surface area (Å²) < 4.78 is 26.1. The number of nitrogens with one attached hydrogen (secondary N) is 2. The van der Waals surface area contributed by atoms with Crippen LogP contribution in [0.2, 0.25) is 0 Å². The number of thiazole rings is 1. The van der Waals surface area contributed by atoms with Crippen molar-refractivity contribution in [1.82, 2.24) is 9.97 Å². The van der Waals surface area contributed by atoms with Crippen LogP contribution >= 0.6 is 11.3 Å². The van der Waals surface area contributed by atoms with E-state index < -0.39 is 23.6 Å². The Hall–Kier alpha value is -3.40. The molecular formula is C16H11F2N5O2S. The largest absolute Gasteiger partial charge is 0.364 e. The van der Waals surface area contributed by atoms with Gasteiger partial charge in [-0.2, -0.15) is 4.39 Å². The van der Waals surface area contributed by atoms with Gasteiger partial charge in [0.1, 0.15) is 10.8 Å². The SMILES string of the molecule is NC(=O)c1nc(Nc2ccnc(F)c2)sc1NC(=O)c1ccc(F)cc1. The van der Waals surface area contributed by atoms with Crippen LogP contribution in [0.5, 0.6) is 0 Å². The normalized spacial score (nSPS) is 10.4. The van der Waals surface area contributed by atoms with Crippen LogP contribution in [0.3, 0.4) is 0 Å². The van der Waals surface area contributed by atoms with Crippen molar-refractivity contribution in [2.75, 3.05) is 10.6 Å². The summed E-state index contributed by atoms with van der Waals surface area (Å²) in [4.78, 5) is 31.2. The first kappa shape index (κ1) is 17.4. The molecule has 0 aliphatic rings. The summed E-state index contributed by atoms with van der Waals surface area (Å²) in [6, 6.07) is 7.53. The molecule has 2 amide bonds. The third-order valence-electron chi connectivity index (χ3n) is 3.17. The number of rotatable bonds is 5. The van der Waals surface area contributed by atoms with E-state index in [4.69, 9.17) is 5.73 Å². The van der Waals surface area contributed by atoms with E-state index in [1.807, 2.05) is 0 Å². The van der Waals surface area contributed by atoms with Crippen molar-refractivity contribution in [1.29, 1.82) is 0 Å². The van der Waals surface area contributed by atoms with Crippen molar-refractivity contribution in [2.45, 2.75) is 0 Å². The molecule has 0 spiro atoms. The summed E-state index contributed by atoms with van der Waals surface area (Å²) in [7, 11) is 0. The molecule has 0 unspecified atom stereocenters. The smallest absolute Gasteiger partial charge is 0.270 e. The van der Waals surface area contributed by atoms with Gasteiger partial charge in [-0.3, -0.25) is 9.59 Å². The molecule has 0 atom stereocenters. The van der Waals surface area contributed by atoms with E-state index in [-0.39, 0.29) is 21.4 Å².